The average Bonchev–Trinajstić information content (AvgIpc) is 2.63. The molecule has 0 unspecified atom stereocenters. The Bertz CT molecular complexity index is 279. The Morgan fingerprint density at radius 2 is 2.07 bits per heavy atom. The van der Waals surface area contributed by atoms with Crippen LogP contribution in [0.15, 0.2) is 11.4 Å². The normalized spacial score (nSPS) is 17.4. The smallest absolute Gasteiger partial charge is 0.0304 e. The highest BCUT2D eigenvalue weighted by Crippen LogP contribution is 2.19. The van der Waals surface area contributed by atoms with Crippen molar-refractivity contribution >= 4 is 11.3 Å². The maximum absolute atomic E-state index is 3.68. The third kappa shape index (κ3) is 3.78. The molecular formula is C12H19ClNS-. The van der Waals surface area contributed by atoms with Crippen molar-refractivity contribution in [1.82, 2.24) is 5.32 Å². The van der Waals surface area contributed by atoms with Crippen LogP contribution in [-0.2, 0) is 6.54 Å². The molecule has 1 aromatic rings. The van der Waals surface area contributed by atoms with E-state index in [0.29, 0.717) is 0 Å². The van der Waals surface area contributed by atoms with Crippen LogP contribution in [0.1, 0.15) is 42.5 Å². The van der Waals surface area contributed by atoms with Crippen molar-refractivity contribution in [2.45, 2.75) is 51.6 Å². The lowest BCUT2D eigenvalue weighted by atomic mass is 9.95. The van der Waals surface area contributed by atoms with Gasteiger partial charge in [0.15, 0.2) is 0 Å². The Kier molecular flexibility index (Phi) is 5.65. The summed E-state index contributed by atoms with van der Waals surface area (Å²) in [6, 6.07) is 2.99. The number of nitrogens with one attached hydrogen (secondary N) is 1. The first-order chi connectivity index (χ1) is 6.86. The quantitative estimate of drug-likeness (QED) is 0.816. The predicted molar refractivity (Wildman–Crippen MR) is 62.8 cm³/mol. The summed E-state index contributed by atoms with van der Waals surface area (Å²) >= 11 is 1.88. The minimum Gasteiger partial charge on any atom is -1.00 e. The fraction of sp³-hybridized carbons (Fsp3) is 0.667. The zero-order valence-electron chi connectivity index (χ0n) is 9.26. The fourth-order valence-corrected chi connectivity index (χ4v) is 2.99. The highest BCUT2D eigenvalue weighted by atomic mass is 35.5. The third-order valence-electron chi connectivity index (χ3n) is 3.12. The second-order valence-electron chi connectivity index (χ2n) is 4.24. The minimum atomic E-state index is 0. The number of hydrogen-bond acceptors (Lipinski definition) is 2. The molecule has 0 amide bonds. The predicted octanol–water partition coefficient (Wildman–Crippen LogP) is 0.483. The van der Waals surface area contributed by atoms with Gasteiger partial charge in [0.25, 0.3) is 0 Å². The molecule has 0 saturated heterocycles. The van der Waals surface area contributed by atoms with Crippen LogP contribution in [0.2, 0.25) is 0 Å². The number of halogens is 1. The molecule has 1 heterocycles. The summed E-state index contributed by atoms with van der Waals surface area (Å²) in [5.41, 5.74) is 1.44. The SMILES string of the molecule is Cc1ccsc1CNC1CCCCC1.[Cl-]. The van der Waals surface area contributed by atoms with Gasteiger partial charge in [-0.05, 0) is 36.8 Å². The molecule has 1 nitrogen and oxygen atoms in total. The Morgan fingerprint density at radius 3 is 2.67 bits per heavy atom. The van der Waals surface area contributed by atoms with E-state index in [-0.39, 0.29) is 12.4 Å². The lowest BCUT2D eigenvalue weighted by Crippen LogP contribution is -3.00. The van der Waals surface area contributed by atoms with Gasteiger partial charge in [0.2, 0.25) is 0 Å². The molecule has 0 aromatic carbocycles. The molecule has 0 radical (unpaired) electrons. The molecule has 0 bridgehead atoms. The summed E-state index contributed by atoms with van der Waals surface area (Å²) in [7, 11) is 0. The average molecular weight is 245 g/mol. The van der Waals surface area contributed by atoms with Crippen LogP contribution in [-0.4, -0.2) is 6.04 Å². The van der Waals surface area contributed by atoms with E-state index in [4.69, 9.17) is 0 Å². The highest BCUT2D eigenvalue weighted by molar-refractivity contribution is 7.10. The van der Waals surface area contributed by atoms with E-state index < -0.39 is 0 Å². The van der Waals surface area contributed by atoms with Crippen molar-refractivity contribution in [3.05, 3.63) is 21.9 Å². The van der Waals surface area contributed by atoms with E-state index in [2.05, 4.69) is 23.7 Å². The molecular weight excluding hydrogens is 226 g/mol. The van der Waals surface area contributed by atoms with Crippen LogP contribution in [0.4, 0.5) is 0 Å². The summed E-state index contributed by atoms with van der Waals surface area (Å²) in [5.74, 6) is 0. The highest BCUT2D eigenvalue weighted by Gasteiger charge is 2.12. The van der Waals surface area contributed by atoms with Gasteiger partial charge in [0, 0.05) is 17.5 Å². The van der Waals surface area contributed by atoms with Crippen LogP contribution in [0.3, 0.4) is 0 Å². The zero-order chi connectivity index (χ0) is 9.80. The summed E-state index contributed by atoms with van der Waals surface area (Å²) < 4.78 is 0. The molecule has 3 heteroatoms. The van der Waals surface area contributed by atoms with Gasteiger partial charge in [-0.1, -0.05) is 19.3 Å². The summed E-state index contributed by atoms with van der Waals surface area (Å²) in [5, 5.41) is 5.86. The Labute approximate surface area is 103 Å². The van der Waals surface area contributed by atoms with Crippen LogP contribution >= 0.6 is 11.3 Å². The van der Waals surface area contributed by atoms with Gasteiger partial charge < -0.3 is 17.7 Å². The Hall–Kier alpha value is -0.0500. The summed E-state index contributed by atoms with van der Waals surface area (Å²) in [6.45, 7) is 3.28. The molecule has 1 fully saturated rings. The van der Waals surface area contributed by atoms with Gasteiger partial charge in [-0.2, -0.15) is 0 Å². The molecule has 0 spiro atoms. The Balaban J connectivity index is 0.00000112. The summed E-state index contributed by atoms with van der Waals surface area (Å²) in [6.07, 6.45) is 7.03. The maximum atomic E-state index is 3.68. The third-order valence-corrected chi connectivity index (χ3v) is 4.15. The molecule has 2 rings (SSSR count). The number of rotatable bonds is 3. The van der Waals surface area contributed by atoms with Gasteiger partial charge >= 0.3 is 0 Å². The van der Waals surface area contributed by atoms with Crippen molar-refractivity contribution in [2.75, 3.05) is 0 Å². The van der Waals surface area contributed by atoms with Gasteiger partial charge in [-0.15, -0.1) is 11.3 Å². The van der Waals surface area contributed by atoms with E-state index in [1.807, 2.05) is 11.3 Å². The van der Waals surface area contributed by atoms with Crippen molar-refractivity contribution < 1.29 is 12.4 Å². The number of aryl methyl sites for hydroxylation is 1. The molecule has 0 atom stereocenters. The van der Waals surface area contributed by atoms with E-state index >= 15 is 0 Å². The van der Waals surface area contributed by atoms with Crippen molar-refractivity contribution in [2.24, 2.45) is 0 Å². The maximum Gasteiger partial charge on any atom is 0.0304 e. The minimum absolute atomic E-state index is 0. The molecule has 1 aliphatic carbocycles. The zero-order valence-corrected chi connectivity index (χ0v) is 10.8. The molecule has 1 aliphatic rings. The molecule has 1 N–H and O–H groups in total. The van der Waals surface area contributed by atoms with Crippen LogP contribution in [0, 0.1) is 6.92 Å². The first-order valence-electron chi connectivity index (χ1n) is 5.62. The second-order valence-corrected chi connectivity index (χ2v) is 5.24. The van der Waals surface area contributed by atoms with Crippen LogP contribution in [0.5, 0.6) is 0 Å². The van der Waals surface area contributed by atoms with E-state index in [1.54, 1.807) is 0 Å². The first kappa shape index (κ1) is 13.0. The standard InChI is InChI=1S/C12H19NS.ClH/c1-10-7-8-14-12(10)9-13-11-5-3-2-4-6-11;/h7-8,11,13H,2-6,9H2,1H3;1H/p-1. The molecule has 0 aliphatic heterocycles. The molecule has 1 aromatic heterocycles. The second kappa shape index (κ2) is 6.51. The topological polar surface area (TPSA) is 12.0 Å². The van der Waals surface area contributed by atoms with Gasteiger partial charge in [-0.25, -0.2) is 0 Å². The van der Waals surface area contributed by atoms with Crippen LogP contribution < -0.4 is 17.7 Å². The Morgan fingerprint density at radius 1 is 1.33 bits per heavy atom. The lowest BCUT2D eigenvalue weighted by Gasteiger charge is -2.22. The largest absolute Gasteiger partial charge is 1.00 e. The lowest BCUT2D eigenvalue weighted by molar-refractivity contribution is -0.00000300. The van der Waals surface area contributed by atoms with E-state index in [0.717, 1.165) is 12.6 Å². The summed E-state index contributed by atoms with van der Waals surface area (Å²) in [4.78, 5) is 1.51. The molecule has 1 saturated carbocycles. The molecule has 15 heavy (non-hydrogen) atoms. The number of hydrogen-bond donors (Lipinski definition) is 1. The van der Waals surface area contributed by atoms with Gasteiger partial charge in [0.1, 0.15) is 0 Å². The van der Waals surface area contributed by atoms with Crippen molar-refractivity contribution in [3.63, 3.8) is 0 Å². The fourth-order valence-electron chi connectivity index (χ4n) is 2.13. The van der Waals surface area contributed by atoms with Gasteiger partial charge in [-0.3, -0.25) is 0 Å². The monoisotopic (exact) mass is 244 g/mol. The first-order valence-corrected chi connectivity index (χ1v) is 6.50. The van der Waals surface area contributed by atoms with Gasteiger partial charge in [0.05, 0.1) is 0 Å². The van der Waals surface area contributed by atoms with Crippen LogP contribution in [0.25, 0.3) is 0 Å². The van der Waals surface area contributed by atoms with Crippen molar-refractivity contribution in [1.29, 1.82) is 0 Å². The van der Waals surface area contributed by atoms with E-state index in [9.17, 15) is 0 Å². The number of thiophene rings is 1. The molecule has 86 valence electrons. The van der Waals surface area contributed by atoms with Crippen molar-refractivity contribution in [3.8, 4) is 0 Å². The van der Waals surface area contributed by atoms with E-state index in [1.165, 1.54) is 42.5 Å².